The van der Waals surface area contributed by atoms with E-state index in [2.05, 4.69) is 0 Å². The van der Waals surface area contributed by atoms with Crippen LogP contribution in [0.3, 0.4) is 0 Å². The highest BCUT2D eigenvalue weighted by atomic mass is 32.2. The number of hydrogen-bond acceptors (Lipinski definition) is 4. The lowest BCUT2D eigenvalue weighted by Crippen LogP contribution is -2.00. The maximum atomic E-state index is 9.71. The molecule has 1 unspecified atom stereocenters. The molecule has 0 aromatic carbocycles. The van der Waals surface area contributed by atoms with Crippen LogP contribution in [0.2, 0.25) is 0 Å². The highest BCUT2D eigenvalue weighted by molar-refractivity contribution is 8.07. The third-order valence-electron chi connectivity index (χ3n) is 0.469. The molecule has 0 bridgehead atoms. The fourth-order valence-electron chi connectivity index (χ4n) is 0.0556. The van der Waals surface area contributed by atoms with Crippen molar-refractivity contribution in [1.29, 1.82) is 0 Å². The molecule has 0 saturated carbocycles. The van der Waals surface area contributed by atoms with Gasteiger partial charge in [-0.3, -0.25) is 4.21 Å². The Bertz CT molecular complexity index is 214. The van der Waals surface area contributed by atoms with E-state index in [4.69, 9.17) is 0 Å². The Labute approximate surface area is 50.3 Å². The molecule has 0 fully saturated rings. The molecule has 0 heterocycles. The number of hydrogen-bond donors (Lipinski definition) is 0. The zero-order valence-corrected chi connectivity index (χ0v) is 5.58. The fourth-order valence-corrected chi connectivity index (χ4v) is 0.500. The lowest BCUT2D eigenvalue weighted by molar-refractivity contribution is 0.550. The normalized spacial score (nSPS) is 12.8. The van der Waals surface area contributed by atoms with Crippen LogP contribution < -0.4 is 0 Å². The van der Waals surface area contributed by atoms with Gasteiger partial charge in [0.15, 0.2) is 0 Å². The van der Waals surface area contributed by atoms with Gasteiger partial charge in [-0.25, -0.2) is 0 Å². The van der Waals surface area contributed by atoms with Crippen molar-refractivity contribution in [2.45, 2.75) is 6.92 Å². The van der Waals surface area contributed by atoms with Gasteiger partial charge in [0.1, 0.15) is 4.20 Å². The predicted octanol–water partition coefficient (Wildman–Crippen LogP) is -1.11. The third kappa shape index (κ3) is 2.20. The van der Waals surface area contributed by atoms with E-state index in [-0.39, 0.29) is 0 Å². The van der Waals surface area contributed by atoms with Gasteiger partial charge in [0.2, 0.25) is 10.3 Å². The maximum Gasteiger partial charge on any atom is 0.224 e. The molecule has 0 aliphatic rings. The van der Waals surface area contributed by atoms with Crippen molar-refractivity contribution >= 4 is 25.6 Å². The molecular weight excluding hydrogens is 152 g/mol. The van der Waals surface area contributed by atoms with Crippen LogP contribution in [0.15, 0.2) is 0 Å². The fraction of sp³-hybridized carbons (Fsp3) is 0.500. The topological polar surface area (TPSA) is 74.3 Å². The minimum atomic E-state index is -2.59. The molecule has 0 N–H and O–H groups in total. The first-order valence-corrected chi connectivity index (χ1v) is 3.72. The summed E-state index contributed by atoms with van der Waals surface area (Å²) in [6.45, 7) is 1.01. The first-order valence-electron chi connectivity index (χ1n) is 1.57. The second kappa shape index (κ2) is 2.95. The van der Waals surface area contributed by atoms with Crippen molar-refractivity contribution in [1.82, 2.24) is 0 Å². The molecule has 0 rings (SSSR count). The summed E-state index contributed by atoms with van der Waals surface area (Å²) in [5, 5.41) is 0. The van der Waals surface area contributed by atoms with Crippen LogP contribution in [0.25, 0.3) is 0 Å². The predicted molar refractivity (Wildman–Crippen MR) is 28.5 cm³/mol. The quantitative estimate of drug-likeness (QED) is 0.328. The Morgan fingerprint density at radius 1 is 1.38 bits per heavy atom. The summed E-state index contributed by atoms with van der Waals surface area (Å²) in [7, 11) is -2.59. The molecule has 0 amide bonds. The van der Waals surface area contributed by atoms with Crippen LogP contribution in [0, 0.1) is 0 Å². The molecule has 8 heavy (non-hydrogen) atoms. The van der Waals surface area contributed by atoms with Gasteiger partial charge < -0.3 is 4.55 Å². The van der Waals surface area contributed by atoms with Crippen LogP contribution in [0.1, 0.15) is 6.92 Å². The molecule has 0 radical (unpaired) electrons. The lowest BCUT2D eigenvalue weighted by atomic mass is 11.0. The first-order chi connectivity index (χ1) is 3.55. The summed E-state index contributed by atoms with van der Waals surface area (Å²) < 4.78 is 38.3. The molecule has 48 valence electrons. The van der Waals surface area contributed by atoms with E-state index in [0.29, 0.717) is 0 Å². The second-order valence-corrected chi connectivity index (χ2v) is 3.38. The smallest absolute Gasteiger partial charge is 0.224 e. The van der Waals surface area contributed by atoms with Gasteiger partial charge in [-0.2, -0.15) is 8.42 Å². The second-order valence-electron chi connectivity index (χ2n) is 0.961. The van der Waals surface area contributed by atoms with Gasteiger partial charge in [0.05, 0.1) is 0 Å². The molecule has 0 aliphatic carbocycles. The molecule has 0 aromatic rings. The van der Waals surface area contributed by atoms with E-state index in [1.807, 2.05) is 0 Å². The van der Waals surface area contributed by atoms with Gasteiger partial charge in [-0.05, 0) is 18.0 Å². The van der Waals surface area contributed by atoms with Gasteiger partial charge in [0.25, 0.3) is 0 Å². The zero-order chi connectivity index (χ0) is 6.73. The summed E-state index contributed by atoms with van der Waals surface area (Å²) in [5.74, 6) is 0. The lowest BCUT2D eigenvalue weighted by Gasteiger charge is -1.95. The van der Waals surface area contributed by atoms with E-state index in [1.165, 1.54) is 0 Å². The van der Waals surface area contributed by atoms with Crippen molar-refractivity contribution in [3.8, 4) is 0 Å². The monoisotopic (exact) mass is 155 g/mol. The van der Waals surface area contributed by atoms with E-state index in [9.17, 15) is 17.2 Å². The van der Waals surface area contributed by atoms with Crippen molar-refractivity contribution in [3.63, 3.8) is 0 Å². The van der Waals surface area contributed by atoms with Crippen molar-refractivity contribution in [2.24, 2.45) is 0 Å². The number of rotatable bonds is 0. The van der Waals surface area contributed by atoms with Crippen molar-refractivity contribution in [2.75, 3.05) is 0 Å². The summed E-state index contributed by atoms with van der Waals surface area (Å²) in [6.07, 6.45) is 0. The molecule has 6 heteroatoms. The zero-order valence-electron chi connectivity index (χ0n) is 3.95. The molecule has 0 aliphatic heterocycles. The highest BCUT2D eigenvalue weighted by Crippen LogP contribution is 1.74. The molecule has 0 saturated heterocycles. The van der Waals surface area contributed by atoms with E-state index in [0.717, 1.165) is 6.92 Å². The third-order valence-corrected chi connectivity index (χ3v) is 2.22. The van der Waals surface area contributed by atoms with Crippen LogP contribution in [0.5, 0.6) is 0 Å². The average Bonchev–Trinajstić information content (AvgIpc) is 1.64. The summed E-state index contributed by atoms with van der Waals surface area (Å²) in [4.78, 5) is 0. The molecule has 0 spiro atoms. The van der Waals surface area contributed by atoms with Crippen LogP contribution in [0.4, 0.5) is 0 Å². The van der Waals surface area contributed by atoms with Crippen LogP contribution in [-0.4, -0.2) is 21.4 Å². The largest absolute Gasteiger partial charge is 0.768 e. The van der Waals surface area contributed by atoms with Crippen molar-refractivity contribution < 1.29 is 17.2 Å². The van der Waals surface area contributed by atoms with Gasteiger partial charge in [0, 0.05) is 0 Å². The standard InChI is InChI=1S/C2H4O4S2/c1-2(7(3)4)8(5)6/h1H3,(H,3,4)/p-1. The van der Waals surface area contributed by atoms with Crippen LogP contribution >= 0.6 is 0 Å². The van der Waals surface area contributed by atoms with Crippen LogP contribution in [-0.2, 0) is 21.4 Å². The molecule has 4 nitrogen and oxygen atoms in total. The Balaban J connectivity index is 4.78. The van der Waals surface area contributed by atoms with Gasteiger partial charge in [-0.15, -0.1) is 0 Å². The Kier molecular flexibility index (Phi) is 2.88. The maximum absolute atomic E-state index is 9.71. The Morgan fingerprint density at radius 3 is 1.75 bits per heavy atom. The van der Waals surface area contributed by atoms with Gasteiger partial charge in [-0.1, -0.05) is 0 Å². The van der Waals surface area contributed by atoms with Crippen molar-refractivity contribution in [3.05, 3.63) is 0 Å². The minimum absolute atomic E-state index is 0.565. The SMILES string of the molecule is CC(S(=O)[O-])=S(=O)=O. The first kappa shape index (κ1) is 7.80. The molecular formula is C2H3O4S2-. The summed E-state index contributed by atoms with van der Waals surface area (Å²) in [6, 6.07) is 0. The summed E-state index contributed by atoms with van der Waals surface area (Å²) in [5.41, 5.74) is 0. The Hall–Kier alpha value is -0.200. The van der Waals surface area contributed by atoms with Gasteiger partial charge >= 0.3 is 0 Å². The summed E-state index contributed by atoms with van der Waals surface area (Å²) >= 11 is -2.59. The average molecular weight is 155 g/mol. The Morgan fingerprint density at radius 2 is 1.75 bits per heavy atom. The van der Waals surface area contributed by atoms with E-state index in [1.54, 1.807) is 0 Å². The minimum Gasteiger partial charge on any atom is -0.768 e. The van der Waals surface area contributed by atoms with E-state index < -0.39 is 25.6 Å². The molecule has 0 aromatic heterocycles. The van der Waals surface area contributed by atoms with E-state index >= 15 is 0 Å². The highest BCUT2D eigenvalue weighted by Gasteiger charge is 1.87. The molecule has 1 atom stereocenters.